The number of hydrogen-bond acceptors (Lipinski definition) is 3. The first-order valence-electron chi connectivity index (χ1n) is 5.31. The molecule has 0 spiro atoms. The lowest BCUT2D eigenvalue weighted by atomic mass is 10.0. The van der Waals surface area contributed by atoms with Gasteiger partial charge in [0.15, 0.2) is 5.79 Å². The molecule has 0 bridgehead atoms. The standard InChI is InChI=1S/C12H16BrNO2/c1-8-3-4-9(13)5-11(8)12(2)15-6-10(14)7-16-12/h3-5,10H,6-7,14H2,1-2H3. The van der Waals surface area contributed by atoms with E-state index in [0.29, 0.717) is 13.2 Å². The molecule has 0 aliphatic carbocycles. The van der Waals surface area contributed by atoms with E-state index < -0.39 is 5.79 Å². The molecule has 1 aromatic carbocycles. The fraction of sp³-hybridized carbons (Fsp3) is 0.500. The van der Waals surface area contributed by atoms with Crippen LogP contribution in [0.3, 0.4) is 0 Å². The van der Waals surface area contributed by atoms with Gasteiger partial charge in [-0.2, -0.15) is 0 Å². The molecule has 2 rings (SSSR count). The summed E-state index contributed by atoms with van der Waals surface area (Å²) >= 11 is 3.46. The minimum absolute atomic E-state index is 0.0273. The fourth-order valence-electron chi connectivity index (χ4n) is 1.86. The van der Waals surface area contributed by atoms with Gasteiger partial charge < -0.3 is 15.2 Å². The Morgan fingerprint density at radius 1 is 1.38 bits per heavy atom. The van der Waals surface area contributed by atoms with Gasteiger partial charge in [0, 0.05) is 10.0 Å². The molecule has 88 valence electrons. The Hall–Kier alpha value is -0.420. The van der Waals surface area contributed by atoms with Gasteiger partial charge in [-0.1, -0.05) is 22.0 Å². The number of nitrogens with two attached hydrogens (primary N) is 1. The molecule has 0 aromatic heterocycles. The Bertz CT molecular complexity index is 387. The van der Waals surface area contributed by atoms with Crippen molar-refractivity contribution in [2.45, 2.75) is 25.7 Å². The molecule has 0 amide bonds. The van der Waals surface area contributed by atoms with Crippen LogP contribution in [-0.4, -0.2) is 19.3 Å². The highest BCUT2D eigenvalue weighted by Crippen LogP contribution is 2.33. The number of hydrogen-bond donors (Lipinski definition) is 1. The minimum Gasteiger partial charge on any atom is -0.344 e. The smallest absolute Gasteiger partial charge is 0.192 e. The number of rotatable bonds is 1. The Balaban J connectivity index is 2.32. The van der Waals surface area contributed by atoms with Gasteiger partial charge in [-0.25, -0.2) is 0 Å². The summed E-state index contributed by atoms with van der Waals surface area (Å²) in [6.45, 7) is 5.05. The maximum absolute atomic E-state index is 5.74. The lowest BCUT2D eigenvalue weighted by Gasteiger charge is -2.37. The summed E-state index contributed by atoms with van der Waals surface area (Å²) in [6.07, 6.45) is 0. The van der Waals surface area contributed by atoms with Crippen molar-refractivity contribution in [2.75, 3.05) is 13.2 Å². The van der Waals surface area contributed by atoms with E-state index in [1.54, 1.807) is 0 Å². The van der Waals surface area contributed by atoms with Gasteiger partial charge in [-0.3, -0.25) is 0 Å². The average Bonchev–Trinajstić information content (AvgIpc) is 2.26. The second-order valence-electron chi connectivity index (χ2n) is 4.29. The van der Waals surface area contributed by atoms with Crippen LogP contribution in [0.15, 0.2) is 22.7 Å². The average molecular weight is 286 g/mol. The first-order valence-corrected chi connectivity index (χ1v) is 6.11. The van der Waals surface area contributed by atoms with Gasteiger partial charge >= 0.3 is 0 Å². The van der Waals surface area contributed by atoms with Crippen LogP contribution >= 0.6 is 15.9 Å². The summed E-state index contributed by atoms with van der Waals surface area (Å²) in [4.78, 5) is 0. The zero-order valence-electron chi connectivity index (χ0n) is 9.50. The van der Waals surface area contributed by atoms with Crippen LogP contribution in [0.4, 0.5) is 0 Å². The van der Waals surface area contributed by atoms with E-state index in [-0.39, 0.29) is 6.04 Å². The maximum atomic E-state index is 5.74. The molecule has 1 fully saturated rings. The summed E-state index contributed by atoms with van der Waals surface area (Å²) < 4.78 is 12.5. The highest BCUT2D eigenvalue weighted by molar-refractivity contribution is 9.10. The second-order valence-corrected chi connectivity index (χ2v) is 5.20. The number of aryl methyl sites for hydroxylation is 1. The molecule has 1 heterocycles. The predicted molar refractivity (Wildman–Crippen MR) is 66.1 cm³/mol. The Morgan fingerprint density at radius 2 is 2.00 bits per heavy atom. The largest absolute Gasteiger partial charge is 0.344 e. The Labute approximate surface area is 104 Å². The van der Waals surface area contributed by atoms with Gasteiger partial charge in [-0.05, 0) is 31.5 Å². The molecule has 16 heavy (non-hydrogen) atoms. The molecular formula is C12H16BrNO2. The van der Waals surface area contributed by atoms with Crippen LogP contribution < -0.4 is 5.73 Å². The van der Waals surface area contributed by atoms with Gasteiger partial charge in [-0.15, -0.1) is 0 Å². The number of halogens is 1. The molecule has 1 aliphatic rings. The normalized spacial score (nSPS) is 30.4. The van der Waals surface area contributed by atoms with Gasteiger partial charge in [0.1, 0.15) is 0 Å². The van der Waals surface area contributed by atoms with Crippen molar-refractivity contribution in [3.05, 3.63) is 33.8 Å². The van der Waals surface area contributed by atoms with E-state index in [2.05, 4.69) is 15.9 Å². The van der Waals surface area contributed by atoms with E-state index in [4.69, 9.17) is 15.2 Å². The first kappa shape index (κ1) is 12.0. The molecule has 2 N–H and O–H groups in total. The molecule has 0 atom stereocenters. The van der Waals surface area contributed by atoms with Crippen molar-refractivity contribution in [1.29, 1.82) is 0 Å². The van der Waals surface area contributed by atoms with Crippen molar-refractivity contribution in [2.24, 2.45) is 5.73 Å². The Kier molecular flexibility index (Phi) is 3.35. The third-order valence-corrected chi connectivity index (χ3v) is 3.33. The van der Waals surface area contributed by atoms with E-state index >= 15 is 0 Å². The Morgan fingerprint density at radius 3 is 2.62 bits per heavy atom. The van der Waals surface area contributed by atoms with Crippen LogP contribution in [0, 0.1) is 6.92 Å². The monoisotopic (exact) mass is 285 g/mol. The van der Waals surface area contributed by atoms with Crippen molar-refractivity contribution >= 4 is 15.9 Å². The van der Waals surface area contributed by atoms with Crippen LogP contribution in [0.5, 0.6) is 0 Å². The molecule has 4 heteroatoms. The third kappa shape index (κ3) is 2.30. The summed E-state index contributed by atoms with van der Waals surface area (Å²) in [5.41, 5.74) is 7.95. The quantitative estimate of drug-likeness (QED) is 0.861. The zero-order chi connectivity index (χ0) is 11.8. The van der Waals surface area contributed by atoms with Gasteiger partial charge in [0.25, 0.3) is 0 Å². The molecule has 1 aromatic rings. The molecule has 1 saturated heterocycles. The zero-order valence-corrected chi connectivity index (χ0v) is 11.1. The summed E-state index contributed by atoms with van der Waals surface area (Å²) in [6, 6.07) is 6.06. The molecule has 0 unspecified atom stereocenters. The summed E-state index contributed by atoms with van der Waals surface area (Å²) in [7, 11) is 0. The van der Waals surface area contributed by atoms with Crippen molar-refractivity contribution in [3.63, 3.8) is 0 Å². The van der Waals surface area contributed by atoms with Crippen LogP contribution in [0.25, 0.3) is 0 Å². The van der Waals surface area contributed by atoms with E-state index in [1.807, 2.05) is 32.0 Å². The second kappa shape index (κ2) is 4.45. The van der Waals surface area contributed by atoms with Crippen LogP contribution in [0.1, 0.15) is 18.1 Å². The highest BCUT2D eigenvalue weighted by Gasteiger charge is 2.35. The van der Waals surface area contributed by atoms with Crippen molar-refractivity contribution in [3.8, 4) is 0 Å². The van der Waals surface area contributed by atoms with Gasteiger partial charge in [0.2, 0.25) is 0 Å². The highest BCUT2D eigenvalue weighted by atomic mass is 79.9. The van der Waals surface area contributed by atoms with E-state index in [0.717, 1.165) is 15.6 Å². The van der Waals surface area contributed by atoms with E-state index in [1.165, 1.54) is 0 Å². The molecule has 3 nitrogen and oxygen atoms in total. The lowest BCUT2D eigenvalue weighted by molar-refractivity contribution is -0.270. The van der Waals surface area contributed by atoms with Gasteiger partial charge in [0.05, 0.1) is 19.3 Å². The third-order valence-electron chi connectivity index (χ3n) is 2.83. The summed E-state index contributed by atoms with van der Waals surface area (Å²) in [5.74, 6) is -0.677. The number of benzene rings is 1. The van der Waals surface area contributed by atoms with Crippen LogP contribution in [-0.2, 0) is 15.3 Å². The van der Waals surface area contributed by atoms with Crippen molar-refractivity contribution < 1.29 is 9.47 Å². The maximum Gasteiger partial charge on any atom is 0.192 e. The SMILES string of the molecule is Cc1ccc(Br)cc1C1(C)OCC(N)CO1. The van der Waals surface area contributed by atoms with Crippen molar-refractivity contribution in [1.82, 2.24) is 0 Å². The van der Waals surface area contributed by atoms with Crippen LogP contribution in [0.2, 0.25) is 0 Å². The molecule has 1 aliphatic heterocycles. The minimum atomic E-state index is -0.677. The topological polar surface area (TPSA) is 44.5 Å². The predicted octanol–water partition coefficient (Wildman–Crippen LogP) is 2.30. The first-order chi connectivity index (χ1) is 7.51. The molecule has 0 saturated carbocycles. The lowest BCUT2D eigenvalue weighted by Crippen LogP contribution is -2.46. The molecular weight excluding hydrogens is 270 g/mol. The fourth-order valence-corrected chi connectivity index (χ4v) is 2.22. The molecule has 0 radical (unpaired) electrons. The summed E-state index contributed by atoms with van der Waals surface area (Å²) in [5, 5.41) is 0. The number of ether oxygens (including phenoxy) is 2. The van der Waals surface area contributed by atoms with E-state index in [9.17, 15) is 0 Å².